The van der Waals surface area contributed by atoms with Crippen molar-refractivity contribution in [3.8, 4) is 0 Å². The summed E-state index contributed by atoms with van der Waals surface area (Å²) in [5.41, 5.74) is -0.573. The highest BCUT2D eigenvalue weighted by atomic mass is 32.2. The van der Waals surface area contributed by atoms with E-state index in [0.29, 0.717) is 0 Å². The third-order valence-electron chi connectivity index (χ3n) is 2.55. The number of ether oxygens (including phenoxy) is 1. The Morgan fingerprint density at radius 3 is 2.42 bits per heavy atom. The molecule has 0 aliphatic carbocycles. The second-order valence-electron chi connectivity index (χ2n) is 3.90. The fraction of sp³-hybridized carbons (Fsp3) is 0.364. The van der Waals surface area contributed by atoms with E-state index >= 15 is 0 Å². The van der Waals surface area contributed by atoms with Crippen LogP contribution in [0.3, 0.4) is 0 Å². The Morgan fingerprint density at radius 2 is 1.95 bits per heavy atom. The summed E-state index contributed by atoms with van der Waals surface area (Å²) in [5, 5.41) is 0. The molecular formula is C11H13F2NO4S. The van der Waals surface area contributed by atoms with Crippen LogP contribution < -0.4 is 0 Å². The molecule has 0 heterocycles. The highest BCUT2D eigenvalue weighted by Gasteiger charge is 2.22. The SMILES string of the molecule is COC(=O)c1ccc(F)c(F)c1CN(C)S(C)(=O)=O. The molecule has 5 nitrogen and oxygen atoms in total. The lowest BCUT2D eigenvalue weighted by Crippen LogP contribution is -2.27. The molecule has 0 saturated heterocycles. The first kappa shape index (κ1) is 15.5. The zero-order valence-corrected chi connectivity index (χ0v) is 11.4. The van der Waals surface area contributed by atoms with Gasteiger partial charge in [-0.3, -0.25) is 0 Å². The van der Waals surface area contributed by atoms with Crippen LogP contribution >= 0.6 is 0 Å². The quantitative estimate of drug-likeness (QED) is 0.781. The fourth-order valence-corrected chi connectivity index (χ4v) is 1.75. The van der Waals surface area contributed by atoms with Crippen molar-refractivity contribution in [2.75, 3.05) is 20.4 Å². The minimum Gasteiger partial charge on any atom is -0.465 e. The molecule has 106 valence electrons. The number of rotatable bonds is 4. The van der Waals surface area contributed by atoms with Gasteiger partial charge in [0.1, 0.15) is 0 Å². The number of methoxy groups -OCH3 is 1. The number of nitrogens with zero attached hydrogens (tertiary/aromatic N) is 1. The van der Waals surface area contributed by atoms with Crippen LogP contribution in [0.1, 0.15) is 15.9 Å². The minimum atomic E-state index is -3.59. The molecule has 0 fully saturated rings. The predicted octanol–water partition coefficient (Wildman–Crippen LogP) is 1.14. The molecule has 0 saturated carbocycles. The van der Waals surface area contributed by atoms with Gasteiger partial charge in [0, 0.05) is 19.2 Å². The maximum atomic E-state index is 13.7. The van der Waals surface area contributed by atoms with Gasteiger partial charge in [-0.2, -0.15) is 0 Å². The molecule has 0 aliphatic rings. The van der Waals surface area contributed by atoms with Crippen LogP contribution in [0.2, 0.25) is 0 Å². The fourth-order valence-electron chi connectivity index (χ4n) is 1.39. The number of carbonyl (C=O) groups excluding carboxylic acids is 1. The first-order valence-electron chi connectivity index (χ1n) is 5.15. The van der Waals surface area contributed by atoms with Crippen molar-refractivity contribution in [1.29, 1.82) is 0 Å². The minimum absolute atomic E-state index is 0.211. The predicted molar refractivity (Wildman–Crippen MR) is 64.0 cm³/mol. The summed E-state index contributed by atoms with van der Waals surface area (Å²) in [6.07, 6.45) is 0.919. The summed E-state index contributed by atoms with van der Waals surface area (Å²) < 4.78 is 54.7. The van der Waals surface area contributed by atoms with Crippen LogP contribution in [0.25, 0.3) is 0 Å². The van der Waals surface area contributed by atoms with Gasteiger partial charge in [0.05, 0.1) is 18.9 Å². The van der Waals surface area contributed by atoms with Crippen molar-refractivity contribution in [1.82, 2.24) is 4.31 Å². The molecule has 0 spiro atoms. The summed E-state index contributed by atoms with van der Waals surface area (Å²) in [7, 11) is -1.30. The summed E-state index contributed by atoms with van der Waals surface area (Å²) in [4.78, 5) is 11.4. The molecule has 0 radical (unpaired) electrons. The van der Waals surface area contributed by atoms with Crippen molar-refractivity contribution < 1.29 is 26.7 Å². The third-order valence-corrected chi connectivity index (χ3v) is 3.81. The van der Waals surface area contributed by atoms with Crippen LogP contribution in [-0.2, 0) is 21.3 Å². The van der Waals surface area contributed by atoms with E-state index in [1.807, 2.05) is 0 Å². The Labute approximate surface area is 109 Å². The zero-order valence-electron chi connectivity index (χ0n) is 10.6. The van der Waals surface area contributed by atoms with Gasteiger partial charge in [-0.25, -0.2) is 26.3 Å². The Kier molecular flexibility index (Phi) is 4.59. The normalized spacial score (nSPS) is 11.7. The Morgan fingerprint density at radius 1 is 1.37 bits per heavy atom. The van der Waals surface area contributed by atoms with Crippen molar-refractivity contribution >= 4 is 16.0 Å². The average Bonchev–Trinajstić information content (AvgIpc) is 2.33. The molecule has 0 bridgehead atoms. The first-order chi connectivity index (χ1) is 8.68. The molecule has 0 amide bonds. The molecule has 0 aliphatic heterocycles. The molecule has 1 aromatic rings. The second kappa shape index (κ2) is 5.62. The number of hydrogen-bond donors (Lipinski definition) is 0. The maximum Gasteiger partial charge on any atom is 0.338 e. The van der Waals surface area contributed by atoms with E-state index in [2.05, 4.69) is 4.74 Å². The maximum absolute atomic E-state index is 13.7. The van der Waals surface area contributed by atoms with Gasteiger partial charge in [0.15, 0.2) is 11.6 Å². The number of carbonyl (C=O) groups is 1. The number of hydrogen-bond acceptors (Lipinski definition) is 4. The molecule has 1 rings (SSSR count). The standard InChI is InChI=1S/C11H13F2NO4S/c1-14(19(3,16)17)6-8-7(11(15)18-2)4-5-9(12)10(8)13/h4-5H,6H2,1-3H3. The molecule has 8 heteroatoms. The number of halogens is 2. The van der Waals surface area contributed by atoms with Gasteiger partial charge in [-0.05, 0) is 12.1 Å². The first-order valence-corrected chi connectivity index (χ1v) is 6.99. The molecule has 1 aromatic carbocycles. The van der Waals surface area contributed by atoms with Gasteiger partial charge < -0.3 is 4.74 Å². The highest BCUT2D eigenvalue weighted by Crippen LogP contribution is 2.20. The van der Waals surface area contributed by atoms with Crippen LogP contribution in [0.4, 0.5) is 8.78 Å². The van der Waals surface area contributed by atoms with E-state index in [1.165, 1.54) is 7.05 Å². The smallest absolute Gasteiger partial charge is 0.338 e. The van der Waals surface area contributed by atoms with Crippen molar-refractivity contribution in [2.45, 2.75) is 6.54 Å². The second-order valence-corrected chi connectivity index (χ2v) is 5.99. The van der Waals surface area contributed by atoms with Gasteiger partial charge in [0.2, 0.25) is 10.0 Å². The van der Waals surface area contributed by atoms with E-state index in [0.717, 1.165) is 29.8 Å². The summed E-state index contributed by atoms with van der Waals surface area (Å²) in [6, 6.07) is 1.83. The Hall–Kier alpha value is -1.54. The van der Waals surface area contributed by atoms with Crippen molar-refractivity contribution in [2.24, 2.45) is 0 Å². The Bertz CT molecular complexity index is 601. The molecular weight excluding hydrogens is 280 g/mol. The highest BCUT2D eigenvalue weighted by molar-refractivity contribution is 7.88. The number of sulfonamides is 1. The zero-order chi connectivity index (χ0) is 14.8. The molecule has 0 N–H and O–H groups in total. The van der Waals surface area contributed by atoms with E-state index in [4.69, 9.17) is 0 Å². The number of esters is 1. The van der Waals surface area contributed by atoms with Crippen molar-refractivity contribution in [3.05, 3.63) is 34.9 Å². The van der Waals surface area contributed by atoms with Gasteiger partial charge >= 0.3 is 5.97 Å². The number of benzene rings is 1. The van der Waals surface area contributed by atoms with Crippen molar-refractivity contribution in [3.63, 3.8) is 0 Å². The monoisotopic (exact) mass is 293 g/mol. The van der Waals surface area contributed by atoms with Crippen LogP contribution in [0.5, 0.6) is 0 Å². The van der Waals surface area contributed by atoms with Crippen LogP contribution in [0, 0.1) is 11.6 Å². The molecule has 0 atom stereocenters. The van der Waals surface area contributed by atoms with Crippen LogP contribution in [0.15, 0.2) is 12.1 Å². The van der Waals surface area contributed by atoms with E-state index in [1.54, 1.807) is 0 Å². The average molecular weight is 293 g/mol. The summed E-state index contributed by atoms with van der Waals surface area (Å²) in [5.74, 6) is -3.29. The largest absolute Gasteiger partial charge is 0.465 e. The lowest BCUT2D eigenvalue weighted by atomic mass is 10.1. The summed E-state index contributed by atoms with van der Waals surface area (Å²) in [6.45, 7) is -0.465. The lowest BCUT2D eigenvalue weighted by Gasteiger charge is -2.16. The molecule has 0 aromatic heterocycles. The van der Waals surface area contributed by atoms with Gasteiger partial charge in [0.25, 0.3) is 0 Å². The van der Waals surface area contributed by atoms with E-state index < -0.39 is 34.2 Å². The van der Waals surface area contributed by atoms with E-state index in [-0.39, 0.29) is 11.1 Å². The Balaban J connectivity index is 3.31. The third kappa shape index (κ3) is 3.48. The van der Waals surface area contributed by atoms with Gasteiger partial charge in [-0.1, -0.05) is 0 Å². The van der Waals surface area contributed by atoms with Crippen LogP contribution in [-0.4, -0.2) is 39.1 Å². The van der Waals surface area contributed by atoms with Gasteiger partial charge in [-0.15, -0.1) is 0 Å². The molecule has 0 unspecified atom stereocenters. The van der Waals surface area contributed by atoms with E-state index in [9.17, 15) is 22.0 Å². The summed E-state index contributed by atoms with van der Waals surface area (Å²) >= 11 is 0. The topological polar surface area (TPSA) is 63.7 Å². The lowest BCUT2D eigenvalue weighted by molar-refractivity contribution is 0.0598. The molecule has 19 heavy (non-hydrogen) atoms.